The number of aromatic nitrogens is 2. The smallest absolute Gasteiger partial charge is 0.302 e. The minimum atomic E-state index is -3.91. The molecule has 0 N–H and O–H groups in total. The standard InChI is InChI=1S/C14H23N3O4S/c1-15-10-12(13(18)16(2)14(15)19)22(20,21)17(3)11-8-6-4-5-7-9-11/h10-11H,4-9H2,1-3H3. The summed E-state index contributed by atoms with van der Waals surface area (Å²) in [6.45, 7) is 0. The molecule has 0 saturated heterocycles. The Labute approximate surface area is 130 Å². The minimum Gasteiger partial charge on any atom is -0.302 e. The Morgan fingerprint density at radius 1 is 1.09 bits per heavy atom. The van der Waals surface area contributed by atoms with Crippen molar-refractivity contribution in [2.75, 3.05) is 7.05 Å². The van der Waals surface area contributed by atoms with E-state index in [2.05, 4.69) is 0 Å². The van der Waals surface area contributed by atoms with Crippen LogP contribution in [0.5, 0.6) is 0 Å². The van der Waals surface area contributed by atoms with Gasteiger partial charge in [-0.2, -0.15) is 4.31 Å². The molecule has 0 aromatic carbocycles. The van der Waals surface area contributed by atoms with Crippen LogP contribution in [0.2, 0.25) is 0 Å². The predicted octanol–water partition coefficient (Wildman–Crippen LogP) is 0.427. The maximum absolute atomic E-state index is 12.8. The van der Waals surface area contributed by atoms with Gasteiger partial charge in [-0.05, 0) is 12.8 Å². The second-order valence-corrected chi connectivity index (χ2v) is 7.88. The summed E-state index contributed by atoms with van der Waals surface area (Å²) in [5.41, 5.74) is -1.32. The first-order chi connectivity index (χ1) is 10.3. The van der Waals surface area contributed by atoms with Crippen LogP contribution in [0, 0.1) is 0 Å². The van der Waals surface area contributed by atoms with Crippen molar-refractivity contribution in [1.29, 1.82) is 0 Å². The van der Waals surface area contributed by atoms with E-state index in [0.29, 0.717) is 0 Å². The van der Waals surface area contributed by atoms with Crippen molar-refractivity contribution in [2.24, 2.45) is 14.1 Å². The summed E-state index contributed by atoms with van der Waals surface area (Å²) in [5, 5.41) is 0. The molecule has 22 heavy (non-hydrogen) atoms. The third kappa shape index (κ3) is 3.03. The molecular formula is C14H23N3O4S. The molecule has 1 aliphatic rings. The average Bonchev–Trinajstić information content (AvgIpc) is 2.76. The minimum absolute atomic E-state index is 0.0885. The molecule has 124 valence electrons. The molecule has 0 aliphatic heterocycles. The van der Waals surface area contributed by atoms with Crippen molar-refractivity contribution in [3.8, 4) is 0 Å². The van der Waals surface area contributed by atoms with E-state index >= 15 is 0 Å². The zero-order valence-corrected chi connectivity index (χ0v) is 14.1. The van der Waals surface area contributed by atoms with Gasteiger partial charge in [0, 0.05) is 33.4 Å². The SMILES string of the molecule is CN(C1CCCCCC1)S(=O)(=O)c1cn(C)c(=O)n(C)c1=O. The van der Waals surface area contributed by atoms with Crippen molar-refractivity contribution in [2.45, 2.75) is 49.5 Å². The van der Waals surface area contributed by atoms with Crippen molar-refractivity contribution < 1.29 is 8.42 Å². The third-order valence-corrected chi connectivity index (χ3v) is 6.30. The first kappa shape index (κ1) is 17.0. The van der Waals surface area contributed by atoms with E-state index in [1.807, 2.05) is 0 Å². The number of hydrogen-bond donors (Lipinski definition) is 0. The first-order valence-electron chi connectivity index (χ1n) is 7.51. The lowest BCUT2D eigenvalue weighted by molar-refractivity contribution is 0.334. The molecule has 8 heteroatoms. The van der Waals surface area contributed by atoms with Crippen LogP contribution in [0.3, 0.4) is 0 Å². The Morgan fingerprint density at radius 2 is 1.64 bits per heavy atom. The van der Waals surface area contributed by atoms with Crippen LogP contribution >= 0.6 is 0 Å². The van der Waals surface area contributed by atoms with Gasteiger partial charge >= 0.3 is 5.69 Å². The molecule has 1 aromatic rings. The Hall–Kier alpha value is -1.41. The van der Waals surface area contributed by atoms with Crippen LogP contribution in [-0.4, -0.2) is 34.9 Å². The topological polar surface area (TPSA) is 81.4 Å². The molecule has 1 saturated carbocycles. The monoisotopic (exact) mass is 329 g/mol. The molecule has 0 bridgehead atoms. The van der Waals surface area contributed by atoms with Gasteiger partial charge in [0.2, 0.25) is 10.0 Å². The van der Waals surface area contributed by atoms with Crippen LogP contribution in [0.4, 0.5) is 0 Å². The zero-order chi connectivity index (χ0) is 16.5. The zero-order valence-electron chi connectivity index (χ0n) is 13.3. The highest BCUT2D eigenvalue weighted by Crippen LogP contribution is 2.24. The van der Waals surface area contributed by atoms with Crippen molar-refractivity contribution in [3.63, 3.8) is 0 Å². The van der Waals surface area contributed by atoms with E-state index < -0.39 is 21.3 Å². The summed E-state index contributed by atoms with van der Waals surface area (Å²) in [6.07, 6.45) is 6.96. The lowest BCUT2D eigenvalue weighted by Crippen LogP contribution is -2.44. The molecule has 1 fully saturated rings. The molecule has 0 unspecified atom stereocenters. The van der Waals surface area contributed by atoms with E-state index in [1.54, 1.807) is 0 Å². The first-order valence-corrected chi connectivity index (χ1v) is 8.95. The van der Waals surface area contributed by atoms with Crippen LogP contribution in [0.15, 0.2) is 20.7 Å². The van der Waals surface area contributed by atoms with Gasteiger partial charge in [-0.15, -0.1) is 0 Å². The molecule has 0 spiro atoms. The molecular weight excluding hydrogens is 306 g/mol. The van der Waals surface area contributed by atoms with Gasteiger partial charge < -0.3 is 4.57 Å². The van der Waals surface area contributed by atoms with Crippen LogP contribution in [-0.2, 0) is 24.1 Å². The number of hydrogen-bond acceptors (Lipinski definition) is 4. The van der Waals surface area contributed by atoms with E-state index in [4.69, 9.17) is 0 Å². The van der Waals surface area contributed by atoms with Crippen LogP contribution in [0.25, 0.3) is 0 Å². The lowest BCUT2D eigenvalue weighted by atomic mass is 10.1. The fraction of sp³-hybridized carbons (Fsp3) is 0.714. The lowest BCUT2D eigenvalue weighted by Gasteiger charge is -2.26. The van der Waals surface area contributed by atoms with Crippen molar-refractivity contribution in [1.82, 2.24) is 13.4 Å². The van der Waals surface area contributed by atoms with Gasteiger partial charge in [0.05, 0.1) is 0 Å². The van der Waals surface area contributed by atoms with Gasteiger partial charge in [0.15, 0.2) is 4.90 Å². The summed E-state index contributed by atoms with van der Waals surface area (Å²) in [4.78, 5) is 23.5. The molecule has 7 nitrogen and oxygen atoms in total. The Bertz CT molecular complexity index is 755. The van der Waals surface area contributed by atoms with Crippen molar-refractivity contribution >= 4 is 10.0 Å². The second kappa shape index (κ2) is 6.37. The van der Waals surface area contributed by atoms with Gasteiger partial charge in [0.1, 0.15) is 0 Å². The van der Waals surface area contributed by atoms with Gasteiger partial charge in [-0.25, -0.2) is 13.2 Å². The molecule has 0 amide bonds. The number of nitrogens with zero attached hydrogens (tertiary/aromatic N) is 3. The number of sulfonamides is 1. The van der Waals surface area contributed by atoms with E-state index in [0.717, 1.165) is 53.9 Å². The summed E-state index contributed by atoms with van der Waals surface area (Å²) in [6, 6.07) is -0.0885. The highest BCUT2D eigenvalue weighted by Gasteiger charge is 2.31. The Kier molecular flexibility index (Phi) is 4.91. The van der Waals surface area contributed by atoms with E-state index in [9.17, 15) is 18.0 Å². The largest absolute Gasteiger partial charge is 0.330 e. The molecule has 1 aromatic heterocycles. The van der Waals surface area contributed by atoms with E-state index in [1.165, 1.54) is 25.4 Å². The number of rotatable bonds is 3. The highest BCUT2D eigenvalue weighted by molar-refractivity contribution is 7.89. The summed E-state index contributed by atoms with van der Waals surface area (Å²) >= 11 is 0. The molecule has 2 rings (SSSR count). The van der Waals surface area contributed by atoms with Gasteiger partial charge in [0.25, 0.3) is 5.56 Å². The molecule has 1 heterocycles. The number of aryl methyl sites for hydroxylation is 1. The van der Waals surface area contributed by atoms with Gasteiger partial charge in [-0.3, -0.25) is 9.36 Å². The third-order valence-electron chi connectivity index (χ3n) is 4.41. The van der Waals surface area contributed by atoms with Crippen LogP contribution < -0.4 is 11.2 Å². The highest BCUT2D eigenvalue weighted by atomic mass is 32.2. The molecule has 0 atom stereocenters. The van der Waals surface area contributed by atoms with Crippen LogP contribution in [0.1, 0.15) is 38.5 Å². The predicted molar refractivity (Wildman–Crippen MR) is 83.4 cm³/mol. The summed E-state index contributed by atoms with van der Waals surface area (Å²) in [5.74, 6) is 0. The van der Waals surface area contributed by atoms with Gasteiger partial charge in [-0.1, -0.05) is 25.7 Å². The maximum Gasteiger partial charge on any atom is 0.330 e. The average molecular weight is 329 g/mol. The fourth-order valence-corrected chi connectivity index (χ4v) is 4.49. The second-order valence-electron chi connectivity index (χ2n) is 5.92. The quantitative estimate of drug-likeness (QED) is 0.753. The maximum atomic E-state index is 12.8. The molecule has 0 radical (unpaired) electrons. The Balaban J connectivity index is 2.46. The molecule has 1 aliphatic carbocycles. The van der Waals surface area contributed by atoms with E-state index in [-0.39, 0.29) is 10.9 Å². The normalized spacial score (nSPS) is 17.6. The summed E-state index contributed by atoms with van der Waals surface area (Å²) < 4.78 is 28.8. The fourth-order valence-electron chi connectivity index (χ4n) is 2.92. The van der Waals surface area contributed by atoms with Crippen molar-refractivity contribution in [3.05, 3.63) is 27.0 Å². The summed E-state index contributed by atoms with van der Waals surface area (Å²) in [7, 11) is 0.341. The Morgan fingerprint density at radius 3 is 2.18 bits per heavy atom.